The highest BCUT2D eigenvalue weighted by Gasteiger charge is 2.06. The summed E-state index contributed by atoms with van der Waals surface area (Å²) in [7, 11) is 3.48. The summed E-state index contributed by atoms with van der Waals surface area (Å²) in [6.45, 7) is 0. The number of hydrogen-bond donors (Lipinski definition) is 2. The van der Waals surface area contributed by atoms with Crippen molar-refractivity contribution in [2.75, 3.05) is 19.4 Å². The Morgan fingerprint density at radius 3 is 2.61 bits per heavy atom. The number of benzene rings is 2. The molecule has 0 atom stereocenters. The molecule has 0 aliphatic rings. The van der Waals surface area contributed by atoms with Gasteiger partial charge in [0.05, 0.1) is 0 Å². The monoisotopic (exact) mass is 415 g/mol. The van der Waals surface area contributed by atoms with E-state index in [2.05, 4.69) is 10.6 Å². The Balaban J connectivity index is 1.88. The Hall–Kier alpha value is -2.70. The van der Waals surface area contributed by atoms with Crippen molar-refractivity contribution in [3.8, 4) is 0 Å². The molecule has 0 aromatic heterocycles. The Bertz CT molecular complexity index is 897. The maximum absolute atomic E-state index is 12.0. The summed E-state index contributed by atoms with van der Waals surface area (Å²) in [5, 5.41) is 6.33. The zero-order valence-electron chi connectivity index (χ0n) is 15.7. The number of nitrogens with zero attached hydrogens (tertiary/aromatic N) is 1. The quantitative estimate of drug-likeness (QED) is 0.555. The van der Waals surface area contributed by atoms with Crippen molar-refractivity contribution < 1.29 is 9.59 Å². The van der Waals surface area contributed by atoms with Gasteiger partial charge in [-0.1, -0.05) is 41.9 Å². The molecule has 0 fully saturated rings. The molecule has 0 radical (unpaired) electrons. The van der Waals surface area contributed by atoms with Gasteiger partial charge in [-0.05, 0) is 54.0 Å². The van der Waals surface area contributed by atoms with E-state index in [4.69, 9.17) is 23.8 Å². The summed E-state index contributed by atoms with van der Waals surface area (Å²) in [6, 6.07) is 14.8. The van der Waals surface area contributed by atoms with Crippen LogP contribution in [-0.4, -0.2) is 35.9 Å². The van der Waals surface area contributed by atoms with Crippen molar-refractivity contribution in [2.45, 2.75) is 12.8 Å². The van der Waals surface area contributed by atoms with Gasteiger partial charge < -0.3 is 10.2 Å². The summed E-state index contributed by atoms with van der Waals surface area (Å²) >= 11 is 11.2. The number of halogens is 1. The summed E-state index contributed by atoms with van der Waals surface area (Å²) in [4.78, 5) is 25.3. The lowest BCUT2D eigenvalue weighted by Crippen LogP contribution is -2.32. The Morgan fingerprint density at radius 2 is 1.89 bits per heavy atom. The average Bonchev–Trinajstić information content (AvgIpc) is 2.65. The molecule has 0 unspecified atom stereocenters. The molecular weight excluding hydrogens is 394 g/mol. The van der Waals surface area contributed by atoms with Crippen LogP contribution in [0.25, 0.3) is 6.08 Å². The highest BCUT2D eigenvalue weighted by Crippen LogP contribution is 2.16. The van der Waals surface area contributed by atoms with Crippen LogP contribution >= 0.6 is 23.8 Å². The fraction of sp³-hybridized carbons (Fsp3) is 0.190. The normalized spacial score (nSPS) is 10.5. The van der Waals surface area contributed by atoms with Crippen LogP contribution in [0, 0.1) is 0 Å². The second-order valence-electron chi connectivity index (χ2n) is 6.29. The van der Waals surface area contributed by atoms with Gasteiger partial charge >= 0.3 is 0 Å². The van der Waals surface area contributed by atoms with Gasteiger partial charge in [0.2, 0.25) is 11.8 Å². The second kappa shape index (κ2) is 10.6. The predicted octanol–water partition coefficient (Wildman–Crippen LogP) is 3.89. The topological polar surface area (TPSA) is 61.4 Å². The van der Waals surface area contributed by atoms with Gasteiger partial charge in [0.1, 0.15) is 0 Å². The number of amides is 2. The van der Waals surface area contributed by atoms with Gasteiger partial charge in [0, 0.05) is 37.3 Å². The lowest BCUT2D eigenvalue weighted by Gasteiger charge is -2.11. The SMILES string of the molecule is CN(C)C(=O)CCc1cccc(NC(=S)NC(=O)/C=C/c2ccccc2Cl)c1. The van der Waals surface area contributed by atoms with E-state index in [-0.39, 0.29) is 16.9 Å². The molecule has 28 heavy (non-hydrogen) atoms. The number of anilines is 1. The molecule has 0 saturated carbocycles. The number of hydrogen-bond acceptors (Lipinski definition) is 3. The Morgan fingerprint density at radius 1 is 1.14 bits per heavy atom. The largest absolute Gasteiger partial charge is 0.349 e. The van der Waals surface area contributed by atoms with Crippen LogP contribution in [-0.2, 0) is 16.0 Å². The highest BCUT2D eigenvalue weighted by molar-refractivity contribution is 7.80. The third kappa shape index (κ3) is 7.13. The van der Waals surface area contributed by atoms with E-state index in [0.29, 0.717) is 17.9 Å². The van der Waals surface area contributed by atoms with E-state index in [9.17, 15) is 9.59 Å². The van der Waals surface area contributed by atoms with Crippen LogP contribution in [0.2, 0.25) is 5.02 Å². The maximum atomic E-state index is 12.0. The first-order valence-electron chi connectivity index (χ1n) is 8.69. The average molecular weight is 416 g/mol. The predicted molar refractivity (Wildman–Crippen MR) is 118 cm³/mol. The van der Waals surface area contributed by atoms with Gasteiger partial charge in [-0.25, -0.2) is 0 Å². The highest BCUT2D eigenvalue weighted by atomic mass is 35.5. The number of carbonyl (C=O) groups excluding carboxylic acids is 2. The van der Waals surface area contributed by atoms with Crippen LogP contribution in [0.4, 0.5) is 5.69 Å². The fourth-order valence-corrected chi connectivity index (χ4v) is 2.79. The van der Waals surface area contributed by atoms with Crippen molar-refractivity contribution in [3.63, 3.8) is 0 Å². The minimum absolute atomic E-state index is 0.0754. The number of thiocarbonyl (C=S) groups is 1. The van der Waals surface area contributed by atoms with Gasteiger partial charge in [0.25, 0.3) is 0 Å². The summed E-state index contributed by atoms with van der Waals surface area (Å²) < 4.78 is 0. The first-order valence-corrected chi connectivity index (χ1v) is 9.47. The van der Waals surface area contributed by atoms with Gasteiger partial charge in [0.15, 0.2) is 5.11 Å². The van der Waals surface area contributed by atoms with Crippen LogP contribution in [0.15, 0.2) is 54.6 Å². The van der Waals surface area contributed by atoms with Crippen LogP contribution in [0.1, 0.15) is 17.5 Å². The second-order valence-corrected chi connectivity index (χ2v) is 7.10. The number of nitrogens with one attached hydrogen (secondary N) is 2. The van der Waals surface area contributed by atoms with E-state index >= 15 is 0 Å². The zero-order chi connectivity index (χ0) is 20.5. The molecule has 0 spiro atoms. The Labute approximate surface area is 175 Å². The molecule has 146 valence electrons. The molecule has 0 bridgehead atoms. The van der Waals surface area contributed by atoms with Crippen LogP contribution in [0.3, 0.4) is 0 Å². The van der Waals surface area contributed by atoms with Crippen molar-refractivity contribution in [1.82, 2.24) is 10.2 Å². The van der Waals surface area contributed by atoms with E-state index in [1.54, 1.807) is 31.1 Å². The van der Waals surface area contributed by atoms with Crippen LogP contribution in [0.5, 0.6) is 0 Å². The lowest BCUT2D eigenvalue weighted by atomic mass is 10.1. The molecule has 2 amide bonds. The molecule has 2 rings (SSSR count). The standard InChI is InChI=1S/C21H22ClN3O2S/c1-25(2)20(27)13-10-15-6-5-8-17(14-15)23-21(28)24-19(26)12-11-16-7-3-4-9-18(16)22/h3-9,11-12,14H,10,13H2,1-2H3,(H2,23,24,26,28)/b12-11+. The van der Waals surface area contributed by atoms with Crippen molar-refractivity contribution in [3.05, 3.63) is 70.8 Å². The van der Waals surface area contributed by atoms with E-state index in [0.717, 1.165) is 16.8 Å². The van der Waals surface area contributed by atoms with E-state index < -0.39 is 0 Å². The molecule has 2 aromatic rings. The lowest BCUT2D eigenvalue weighted by molar-refractivity contribution is -0.128. The third-order valence-electron chi connectivity index (χ3n) is 3.87. The molecule has 0 heterocycles. The van der Waals surface area contributed by atoms with E-state index in [1.807, 2.05) is 42.5 Å². The van der Waals surface area contributed by atoms with Gasteiger partial charge in [-0.2, -0.15) is 0 Å². The van der Waals surface area contributed by atoms with Crippen molar-refractivity contribution in [1.29, 1.82) is 0 Å². The minimum Gasteiger partial charge on any atom is -0.349 e. The summed E-state index contributed by atoms with van der Waals surface area (Å²) in [6.07, 6.45) is 4.07. The molecule has 0 aliphatic heterocycles. The minimum atomic E-state index is -0.356. The third-order valence-corrected chi connectivity index (χ3v) is 4.42. The van der Waals surface area contributed by atoms with Gasteiger partial charge in [-0.3, -0.25) is 14.9 Å². The fourth-order valence-electron chi connectivity index (χ4n) is 2.37. The van der Waals surface area contributed by atoms with Crippen molar-refractivity contribution in [2.24, 2.45) is 0 Å². The molecule has 7 heteroatoms. The molecule has 0 saturated heterocycles. The number of aryl methyl sites for hydroxylation is 1. The molecular formula is C21H22ClN3O2S. The number of rotatable bonds is 6. The molecule has 5 nitrogen and oxygen atoms in total. The van der Waals surface area contributed by atoms with Gasteiger partial charge in [-0.15, -0.1) is 0 Å². The smallest absolute Gasteiger partial charge is 0.250 e. The first-order chi connectivity index (χ1) is 13.3. The summed E-state index contributed by atoms with van der Waals surface area (Å²) in [5.41, 5.74) is 2.50. The van der Waals surface area contributed by atoms with Crippen molar-refractivity contribution >= 4 is 52.5 Å². The Kier molecular flexibility index (Phi) is 8.17. The van der Waals surface area contributed by atoms with Crippen LogP contribution < -0.4 is 10.6 Å². The molecule has 2 aromatic carbocycles. The zero-order valence-corrected chi connectivity index (χ0v) is 17.3. The maximum Gasteiger partial charge on any atom is 0.250 e. The molecule has 0 aliphatic carbocycles. The summed E-state index contributed by atoms with van der Waals surface area (Å²) in [5.74, 6) is -0.281. The first kappa shape index (κ1) is 21.6. The molecule has 2 N–H and O–H groups in total. The number of carbonyl (C=O) groups is 2. The van der Waals surface area contributed by atoms with E-state index in [1.165, 1.54) is 6.08 Å².